The third-order valence-electron chi connectivity index (χ3n) is 6.30. The first-order valence-electron chi connectivity index (χ1n) is 10.8. The molecule has 3 aliphatic heterocycles. The van der Waals surface area contributed by atoms with E-state index in [4.69, 9.17) is 0 Å². The third-order valence-corrected chi connectivity index (χ3v) is 9.96. The second-order valence-corrected chi connectivity index (χ2v) is 12.7. The molecule has 0 radical (unpaired) electrons. The van der Waals surface area contributed by atoms with Crippen molar-refractivity contribution >= 4 is 37.6 Å². The Hall–Kier alpha value is -2.51. The van der Waals surface area contributed by atoms with Crippen molar-refractivity contribution in [1.29, 1.82) is 0 Å². The molecule has 33 heavy (non-hydrogen) atoms. The van der Waals surface area contributed by atoms with Crippen LogP contribution in [0.1, 0.15) is 36.0 Å². The van der Waals surface area contributed by atoms with E-state index in [9.17, 15) is 31.2 Å². The van der Waals surface area contributed by atoms with E-state index in [1.165, 1.54) is 33.5 Å². The number of nitrogens with zero attached hydrogens (tertiary/aromatic N) is 2. The van der Waals surface area contributed by atoms with Crippen LogP contribution >= 0.6 is 0 Å². The van der Waals surface area contributed by atoms with Crippen LogP contribution in [0.4, 0.5) is 0 Å². The molecule has 11 nitrogen and oxygen atoms in total. The number of sulfone groups is 1. The Labute approximate surface area is 192 Å². The Morgan fingerprint density at radius 3 is 2.30 bits per heavy atom. The van der Waals surface area contributed by atoms with Gasteiger partial charge < -0.3 is 4.90 Å². The highest BCUT2D eigenvalue weighted by atomic mass is 32.2. The predicted octanol–water partition coefficient (Wildman–Crippen LogP) is -0.732. The van der Waals surface area contributed by atoms with Crippen LogP contribution < -0.4 is 10.9 Å². The summed E-state index contributed by atoms with van der Waals surface area (Å²) in [6.07, 6.45) is 1.96. The van der Waals surface area contributed by atoms with E-state index < -0.39 is 43.6 Å². The number of likely N-dealkylation sites (tertiary alicyclic amines) is 1. The van der Waals surface area contributed by atoms with Gasteiger partial charge in [0.1, 0.15) is 0 Å². The number of hydrogen-bond acceptors (Lipinski definition) is 7. The first-order valence-corrected chi connectivity index (χ1v) is 14.0. The lowest BCUT2D eigenvalue weighted by Crippen LogP contribution is -2.45. The molecule has 3 aliphatic rings. The van der Waals surface area contributed by atoms with E-state index in [1.807, 2.05) is 0 Å². The number of hydrogen-bond donors (Lipinski definition) is 2. The van der Waals surface area contributed by atoms with Crippen LogP contribution in [0, 0.1) is 5.92 Å². The minimum Gasteiger partial charge on any atom is -0.338 e. The Bertz CT molecular complexity index is 1160. The molecule has 3 heterocycles. The summed E-state index contributed by atoms with van der Waals surface area (Å²) in [6, 6.07) is 5.03. The molecule has 0 saturated carbocycles. The van der Waals surface area contributed by atoms with E-state index in [0.717, 1.165) is 12.8 Å². The summed E-state index contributed by atoms with van der Waals surface area (Å²) in [5.74, 6) is -2.21. The molecule has 0 spiro atoms. The molecule has 2 atom stereocenters. The number of benzene rings is 1. The fourth-order valence-corrected chi connectivity index (χ4v) is 7.68. The molecule has 4 rings (SSSR count). The number of rotatable bonds is 5. The fourth-order valence-electron chi connectivity index (χ4n) is 4.43. The molecule has 3 saturated heterocycles. The molecule has 0 bridgehead atoms. The van der Waals surface area contributed by atoms with Crippen LogP contribution in [0.15, 0.2) is 29.2 Å². The second kappa shape index (κ2) is 9.03. The Kier molecular flexibility index (Phi) is 6.47. The molecular weight excluding hydrogens is 472 g/mol. The lowest BCUT2D eigenvalue weighted by atomic mass is 10.1. The highest BCUT2D eigenvalue weighted by Gasteiger charge is 2.42. The average Bonchev–Trinajstić information content (AvgIpc) is 3.52. The summed E-state index contributed by atoms with van der Waals surface area (Å²) in [7, 11) is -6.74. The summed E-state index contributed by atoms with van der Waals surface area (Å²) in [6.45, 7) is 1.06. The van der Waals surface area contributed by atoms with Crippen molar-refractivity contribution in [3.05, 3.63) is 29.8 Å². The summed E-state index contributed by atoms with van der Waals surface area (Å²) >= 11 is 0. The minimum atomic E-state index is -3.59. The van der Waals surface area contributed by atoms with Gasteiger partial charge in [-0.1, -0.05) is 0 Å². The number of sulfonamides is 1. The van der Waals surface area contributed by atoms with Crippen molar-refractivity contribution in [3.63, 3.8) is 0 Å². The van der Waals surface area contributed by atoms with Gasteiger partial charge in [0.2, 0.25) is 21.8 Å². The second-order valence-electron chi connectivity index (χ2n) is 8.58. The van der Waals surface area contributed by atoms with Crippen molar-refractivity contribution in [2.45, 2.75) is 36.6 Å². The lowest BCUT2D eigenvalue weighted by Gasteiger charge is -2.22. The maximum atomic E-state index is 12.6. The van der Waals surface area contributed by atoms with Gasteiger partial charge in [0.15, 0.2) is 9.84 Å². The van der Waals surface area contributed by atoms with Crippen LogP contribution in [0.3, 0.4) is 0 Å². The number of nitrogens with one attached hydrogen (secondary N) is 2. The van der Waals surface area contributed by atoms with Crippen molar-refractivity contribution in [3.8, 4) is 0 Å². The first-order chi connectivity index (χ1) is 15.6. The van der Waals surface area contributed by atoms with Gasteiger partial charge in [-0.3, -0.25) is 25.2 Å². The molecule has 2 N–H and O–H groups in total. The smallest absolute Gasteiger partial charge is 0.269 e. The topological polar surface area (TPSA) is 150 Å². The zero-order valence-electron chi connectivity index (χ0n) is 17.9. The third kappa shape index (κ3) is 5.04. The maximum absolute atomic E-state index is 12.6. The highest BCUT2D eigenvalue weighted by molar-refractivity contribution is 7.91. The van der Waals surface area contributed by atoms with Gasteiger partial charge in [-0.15, -0.1) is 0 Å². The van der Waals surface area contributed by atoms with E-state index in [-0.39, 0.29) is 40.8 Å². The largest absolute Gasteiger partial charge is 0.338 e. The van der Waals surface area contributed by atoms with Gasteiger partial charge in [0.25, 0.3) is 5.91 Å². The summed E-state index contributed by atoms with van der Waals surface area (Å²) in [4.78, 5) is 38.6. The van der Waals surface area contributed by atoms with Gasteiger partial charge in [0.05, 0.1) is 22.3 Å². The van der Waals surface area contributed by atoms with Crippen LogP contribution in [0.25, 0.3) is 0 Å². The molecule has 1 aromatic rings. The predicted molar refractivity (Wildman–Crippen MR) is 117 cm³/mol. The molecule has 3 fully saturated rings. The number of amides is 3. The molecule has 0 aromatic heterocycles. The molecule has 1 aromatic carbocycles. The van der Waals surface area contributed by atoms with Crippen LogP contribution in [-0.2, 0) is 29.4 Å². The molecule has 13 heteroatoms. The number of carbonyl (C=O) groups is 3. The molecule has 2 unspecified atom stereocenters. The van der Waals surface area contributed by atoms with E-state index in [1.54, 1.807) is 0 Å². The summed E-state index contributed by atoms with van der Waals surface area (Å²) in [5.41, 5.74) is 4.74. The van der Waals surface area contributed by atoms with Crippen molar-refractivity contribution in [1.82, 2.24) is 20.1 Å². The monoisotopic (exact) mass is 498 g/mol. The molecule has 180 valence electrons. The van der Waals surface area contributed by atoms with Crippen molar-refractivity contribution in [2.75, 3.05) is 31.1 Å². The summed E-state index contributed by atoms with van der Waals surface area (Å²) in [5, 5.41) is 0. The standard InChI is InChI=1S/C20H26N4O7S2/c25-18-11-15(12-24(18)16-7-10-32(28,29)13-16)20(27)22-21-19(26)14-3-5-17(6-4-14)33(30,31)23-8-1-2-9-23/h3-6,15-16H,1-2,7-13H2,(H,21,26)(H,22,27). The van der Waals surface area contributed by atoms with E-state index >= 15 is 0 Å². The van der Waals surface area contributed by atoms with Crippen molar-refractivity contribution in [2.24, 2.45) is 5.92 Å². The SMILES string of the molecule is O=C(NNC(=O)C1CC(=O)N(C2CCS(=O)(=O)C2)C1)c1ccc(S(=O)(=O)N2CCCC2)cc1. The van der Waals surface area contributed by atoms with Gasteiger partial charge in [-0.2, -0.15) is 4.31 Å². The lowest BCUT2D eigenvalue weighted by molar-refractivity contribution is -0.130. The first kappa shape index (κ1) is 23.6. The highest BCUT2D eigenvalue weighted by Crippen LogP contribution is 2.26. The quantitative estimate of drug-likeness (QED) is 0.508. The molecule has 0 aliphatic carbocycles. The van der Waals surface area contributed by atoms with Gasteiger partial charge in [-0.25, -0.2) is 16.8 Å². The van der Waals surface area contributed by atoms with E-state index in [0.29, 0.717) is 19.5 Å². The van der Waals surface area contributed by atoms with Crippen LogP contribution in [0.5, 0.6) is 0 Å². The van der Waals surface area contributed by atoms with Gasteiger partial charge in [-0.05, 0) is 43.5 Å². The maximum Gasteiger partial charge on any atom is 0.269 e. The average molecular weight is 499 g/mol. The van der Waals surface area contributed by atoms with Gasteiger partial charge >= 0.3 is 0 Å². The molecular formula is C20H26N4O7S2. The molecule has 3 amide bonds. The van der Waals surface area contributed by atoms with Gasteiger partial charge in [0, 0.05) is 37.7 Å². The minimum absolute atomic E-state index is 0.0342. The van der Waals surface area contributed by atoms with E-state index in [2.05, 4.69) is 10.9 Å². The number of hydrazine groups is 1. The van der Waals surface area contributed by atoms with Crippen molar-refractivity contribution < 1.29 is 31.2 Å². The normalized spacial score (nSPS) is 25.3. The Balaban J connectivity index is 1.30. The fraction of sp³-hybridized carbons (Fsp3) is 0.550. The Morgan fingerprint density at radius 2 is 1.70 bits per heavy atom. The zero-order valence-corrected chi connectivity index (χ0v) is 19.5. The summed E-state index contributed by atoms with van der Waals surface area (Å²) < 4.78 is 49.9. The van der Waals surface area contributed by atoms with Crippen LogP contribution in [0.2, 0.25) is 0 Å². The van der Waals surface area contributed by atoms with Crippen LogP contribution in [-0.4, -0.2) is 80.9 Å². The number of carbonyl (C=O) groups excluding carboxylic acids is 3. The Morgan fingerprint density at radius 1 is 1.03 bits per heavy atom. The zero-order chi connectivity index (χ0) is 23.8.